The smallest absolute Gasteiger partial charge is 0.404 e. The minimum atomic E-state index is -0.774. The highest BCUT2D eigenvalue weighted by Gasteiger charge is 2.68. The van der Waals surface area contributed by atoms with E-state index in [2.05, 4.69) is 44.9 Å². The molecule has 4 aliphatic rings. The fraction of sp³-hybridized carbons (Fsp3) is 0.710. The first kappa shape index (κ1) is 32.9. The Bertz CT molecular complexity index is 1180. The molecular formula is C31H48BN5O6. The number of hydrogen-bond donors (Lipinski definition) is 3. The first-order chi connectivity index (χ1) is 20.3. The van der Waals surface area contributed by atoms with Gasteiger partial charge >= 0.3 is 7.12 Å². The Kier molecular flexibility index (Phi) is 10.5. The number of aryl methyl sites for hydroxylation is 1. The summed E-state index contributed by atoms with van der Waals surface area (Å²) in [5.41, 5.74) is 8.26. The van der Waals surface area contributed by atoms with Gasteiger partial charge in [-0.25, -0.2) is 15.1 Å². The van der Waals surface area contributed by atoms with Crippen LogP contribution in [-0.4, -0.2) is 54.0 Å². The lowest BCUT2D eigenvalue weighted by Crippen LogP contribution is -2.65. The van der Waals surface area contributed by atoms with Gasteiger partial charge in [0.1, 0.15) is 5.78 Å². The van der Waals surface area contributed by atoms with E-state index in [1.165, 1.54) is 0 Å². The number of nitrogens with two attached hydrogens (primary N) is 1. The molecule has 0 spiro atoms. The van der Waals surface area contributed by atoms with Crippen molar-refractivity contribution in [2.45, 2.75) is 104 Å². The average molecular weight is 598 g/mol. The van der Waals surface area contributed by atoms with Gasteiger partial charge in [0.2, 0.25) is 5.91 Å². The van der Waals surface area contributed by atoms with Crippen molar-refractivity contribution in [3.63, 3.8) is 0 Å². The van der Waals surface area contributed by atoms with Crippen LogP contribution < -0.4 is 16.5 Å². The van der Waals surface area contributed by atoms with Gasteiger partial charge in [-0.3, -0.25) is 9.59 Å². The molecule has 0 aromatic heterocycles. The number of benzene rings is 1. The summed E-state index contributed by atoms with van der Waals surface area (Å²) in [6, 6.07) is 9.80. The molecule has 3 aliphatic carbocycles. The molecule has 0 unspecified atom stereocenters. The van der Waals surface area contributed by atoms with Gasteiger partial charge in [-0.1, -0.05) is 63.5 Å². The van der Waals surface area contributed by atoms with Gasteiger partial charge in [-0.2, -0.15) is 0 Å². The highest BCUT2D eigenvalue weighted by molar-refractivity contribution is 6.47. The number of nitrogens with zero attached hydrogens (tertiary/aromatic N) is 2. The second-order valence-electron chi connectivity index (χ2n) is 13.8. The highest BCUT2D eigenvalue weighted by atomic mass is 16.7. The van der Waals surface area contributed by atoms with Gasteiger partial charge in [-0.05, 0) is 74.2 Å². The molecule has 3 saturated carbocycles. The Balaban J connectivity index is 1.42. The van der Waals surface area contributed by atoms with E-state index in [1.54, 1.807) is 0 Å². The molecule has 236 valence electrons. The average Bonchev–Trinajstić information content (AvgIpc) is 3.30. The van der Waals surface area contributed by atoms with Crippen LogP contribution in [0, 0.1) is 39.2 Å². The first-order valence-corrected chi connectivity index (χ1v) is 15.7. The molecule has 2 bridgehead atoms. The summed E-state index contributed by atoms with van der Waals surface area (Å²) in [7, 11) is -0.552. The van der Waals surface area contributed by atoms with E-state index in [4.69, 9.17) is 15.0 Å². The number of guanidine groups is 1. The van der Waals surface area contributed by atoms with Crippen LogP contribution in [0.3, 0.4) is 0 Å². The van der Waals surface area contributed by atoms with Crippen LogP contribution in [0.4, 0.5) is 0 Å². The van der Waals surface area contributed by atoms with E-state index in [9.17, 15) is 19.7 Å². The minimum Gasteiger partial charge on any atom is -0.404 e. The van der Waals surface area contributed by atoms with Crippen LogP contribution in [0.25, 0.3) is 0 Å². The Morgan fingerprint density at radius 2 is 1.93 bits per heavy atom. The van der Waals surface area contributed by atoms with E-state index in [1.807, 2.05) is 35.8 Å². The summed E-state index contributed by atoms with van der Waals surface area (Å²) in [6.07, 6.45) is 4.68. The SMILES string of the molecule is CC(C)C[C@H](NC(=O)[C@H](CCCN=C(N)N[N+](=O)[O-])CC(=O)CCc1ccccc1)B1O[C@@H]2C[C@@H]3C[C@@H](C3(C)C)[C@]2(C)O1. The summed E-state index contributed by atoms with van der Waals surface area (Å²) in [5.74, 6) is -0.105. The number of nitro groups is 1. The lowest BCUT2D eigenvalue weighted by Gasteiger charge is -2.64. The topological polar surface area (TPSA) is 158 Å². The maximum Gasteiger partial charge on any atom is 0.481 e. The van der Waals surface area contributed by atoms with Crippen LogP contribution in [0.15, 0.2) is 35.3 Å². The van der Waals surface area contributed by atoms with Crippen molar-refractivity contribution in [1.82, 2.24) is 10.7 Å². The Morgan fingerprint density at radius 3 is 2.58 bits per heavy atom. The number of rotatable bonds is 15. The molecule has 1 aromatic rings. The van der Waals surface area contributed by atoms with Crippen LogP contribution in [0.2, 0.25) is 0 Å². The molecule has 1 heterocycles. The van der Waals surface area contributed by atoms with Gasteiger partial charge < -0.3 is 20.4 Å². The third-order valence-electron chi connectivity index (χ3n) is 9.93. The Labute approximate surface area is 255 Å². The fourth-order valence-electron chi connectivity index (χ4n) is 7.41. The van der Waals surface area contributed by atoms with Crippen molar-refractivity contribution in [2.75, 3.05) is 6.54 Å². The van der Waals surface area contributed by atoms with Gasteiger partial charge in [0, 0.05) is 25.3 Å². The molecular weight excluding hydrogens is 549 g/mol. The number of nitrogens with one attached hydrogen (secondary N) is 2. The maximum atomic E-state index is 13.8. The second-order valence-corrected chi connectivity index (χ2v) is 13.8. The number of hydrogen-bond acceptors (Lipinski definition) is 7. The third-order valence-corrected chi connectivity index (χ3v) is 9.93. The van der Waals surface area contributed by atoms with Crippen molar-refractivity contribution >= 4 is 24.8 Å². The van der Waals surface area contributed by atoms with Gasteiger partial charge in [0.25, 0.3) is 5.96 Å². The second kappa shape index (κ2) is 13.8. The minimum absolute atomic E-state index is 0.00676. The number of carbonyl (C=O) groups is 2. The molecule has 43 heavy (non-hydrogen) atoms. The summed E-state index contributed by atoms with van der Waals surface area (Å²) in [6.45, 7) is 11.2. The standard InChI is InChI=1S/C31H48BN5O6/c1-20(2)16-27(32-42-26-19-23-18-25(30(23,3)4)31(26,5)43-32)35-28(39)22(12-9-15-34-29(33)36-37(40)41)17-24(38)14-13-21-10-7-6-8-11-21/h6-8,10-11,20,22-23,25-27H,9,12-19H2,1-5H3,(H,35,39)(H3,33,34,36)/t22-,23+,25+,26-,27+,31+/m1/s1. The monoisotopic (exact) mass is 597 g/mol. The Morgan fingerprint density at radius 1 is 1.21 bits per heavy atom. The van der Waals surface area contributed by atoms with Crippen LogP contribution in [-0.2, 0) is 25.3 Å². The number of carbonyl (C=O) groups excluding carboxylic acids is 2. The number of hydrazine groups is 1. The van der Waals surface area contributed by atoms with Crippen molar-refractivity contribution in [3.8, 4) is 0 Å². The van der Waals surface area contributed by atoms with E-state index in [0.29, 0.717) is 43.9 Å². The first-order valence-electron chi connectivity index (χ1n) is 15.7. The molecule has 1 aromatic carbocycles. The van der Waals surface area contributed by atoms with Gasteiger partial charge in [0.05, 0.1) is 17.6 Å². The molecule has 1 saturated heterocycles. The van der Waals surface area contributed by atoms with Crippen molar-refractivity contribution < 1.29 is 23.9 Å². The molecule has 1 amide bonds. The number of Topliss-reactive ketones (excluding diaryl/α,β-unsaturated/α-hetero) is 1. The largest absolute Gasteiger partial charge is 0.481 e. The maximum absolute atomic E-state index is 13.8. The van der Waals surface area contributed by atoms with Crippen molar-refractivity contribution in [1.29, 1.82) is 0 Å². The predicted molar refractivity (Wildman–Crippen MR) is 165 cm³/mol. The molecule has 6 atom stereocenters. The molecule has 5 rings (SSSR count). The van der Waals surface area contributed by atoms with Gasteiger partial charge in [0.15, 0.2) is 5.03 Å². The van der Waals surface area contributed by atoms with Crippen LogP contribution in [0.1, 0.15) is 85.1 Å². The quantitative estimate of drug-likeness (QED) is 0.0687. The molecule has 11 nitrogen and oxygen atoms in total. The van der Waals surface area contributed by atoms with Gasteiger partial charge in [-0.15, -0.1) is 0 Å². The molecule has 4 fully saturated rings. The zero-order valence-electron chi connectivity index (χ0n) is 26.2. The van der Waals surface area contributed by atoms with E-state index >= 15 is 0 Å². The van der Waals surface area contributed by atoms with Crippen molar-refractivity contribution in [3.05, 3.63) is 46.0 Å². The summed E-state index contributed by atoms with van der Waals surface area (Å²) in [5, 5.41) is 13.0. The van der Waals surface area contributed by atoms with Crippen molar-refractivity contribution in [2.24, 2.45) is 39.8 Å². The Hall–Kier alpha value is -2.99. The van der Waals surface area contributed by atoms with Crippen LogP contribution in [0.5, 0.6) is 0 Å². The zero-order chi connectivity index (χ0) is 31.4. The number of ketones is 1. The van der Waals surface area contributed by atoms with E-state index in [-0.39, 0.29) is 59.6 Å². The predicted octanol–water partition coefficient (Wildman–Crippen LogP) is 3.87. The lowest BCUT2D eigenvalue weighted by atomic mass is 9.43. The molecule has 12 heteroatoms. The summed E-state index contributed by atoms with van der Waals surface area (Å²) in [4.78, 5) is 41.4. The molecule has 4 N–H and O–H groups in total. The summed E-state index contributed by atoms with van der Waals surface area (Å²) >= 11 is 0. The fourth-order valence-corrected chi connectivity index (χ4v) is 7.41. The number of amides is 1. The highest BCUT2D eigenvalue weighted by Crippen LogP contribution is 2.65. The summed E-state index contributed by atoms with van der Waals surface area (Å²) < 4.78 is 13.2. The van der Waals surface area contributed by atoms with E-state index in [0.717, 1.165) is 18.4 Å². The normalized spacial score (nSPS) is 27.2. The molecule has 1 aliphatic heterocycles. The third kappa shape index (κ3) is 7.95. The molecule has 0 radical (unpaired) electrons. The lowest BCUT2D eigenvalue weighted by molar-refractivity contribution is -0.525. The zero-order valence-corrected chi connectivity index (χ0v) is 26.2. The van der Waals surface area contributed by atoms with E-state index < -0.39 is 18.1 Å². The van der Waals surface area contributed by atoms with Crippen LogP contribution >= 0.6 is 0 Å². The number of aliphatic imine (C=N–C) groups is 1.